The van der Waals surface area contributed by atoms with Crippen LogP contribution in [0.1, 0.15) is 68.6 Å². The molecule has 168 valence electrons. The fourth-order valence-corrected chi connectivity index (χ4v) is 3.67. The van der Waals surface area contributed by atoms with Crippen LogP contribution in [0.2, 0.25) is 0 Å². The number of phenolic OH excluding ortho intramolecular Hbond substituents is 1. The SMILES string of the molecule is COc1cc2ccccc2cc1C(=O)NN=Cc1cc(C(C)(C)C)c(O)c(C(C)(C)C)c1. The summed E-state index contributed by atoms with van der Waals surface area (Å²) in [7, 11) is 1.54. The summed E-state index contributed by atoms with van der Waals surface area (Å²) in [5.74, 6) is 0.452. The Hall–Kier alpha value is -3.34. The molecule has 3 aromatic rings. The lowest BCUT2D eigenvalue weighted by Crippen LogP contribution is -2.19. The molecule has 0 aromatic heterocycles. The lowest BCUT2D eigenvalue weighted by Gasteiger charge is -2.27. The Bertz CT molecular complexity index is 1150. The van der Waals surface area contributed by atoms with E-state index in [1.54, 1.807) is 19.4 Å². The maximum Gasteiger partial charge on any atom is 0.275 e. The number of hydrogen-bond donors (Lipinski definition) is 2. The molecule has 0 fully saturated rings. The molecule has 0 bridgehead atoms. The fourth-order valence-electron chi connectivity index (χ4n) is 3.67. The number of nitrogens with one attached hydrogen (secondary N) is 1. The first-order valence-corrected chi connectivity index (χ1v) is 10.7. The number of nitrogens with zero attached hydrogens (tertiary/aromatic N) is 1. The Kier molecular flexibility index (Phi) is 6.31. The topological polar surface area (TPSA) is 70.9 Å². The first kappa shape index (κ1) is 23.3. The summed E-state index contributed by atoms with van der Waals surface area (Å²) in [6, 6.07) is 15.3. The Morgan fingerprint density at radius 2 is 1.47 bits per heavy atom. The zero-order valence-electron chi connectivity index (χ0n) is 19.9. The molecule has 0 unspecified atom stereocenters. The minimum absolute atomic E-state index is 0.240. The van der Waals surface area contributed by atoms with Crippen LogP contribution in [0, 0.1) is 0 Å². The Balaban J connectivity index is 1.92. The summed E-state index contributed by atoms with van der Waals surface area (Å²) in [5, 5.41) is 17.0. The summed E-state index contributed by atoms with van der Waals surface area (Å²) in [5.41, 5.74) is 5.03. The number of methoxy groups -OCH3 is 1. The van der Waals surface area contributed by atoms with Gasteiger partial charge in [-0.05, 0) is 51.4 Å². The maximum atomic E-state index is 12.8. The Morgan fingerprint density at radius 1 is 0.938 bits per heavy atom. The molecule has 0 saturated carbocycles. The number of fused-ring (bicyclic) bond motifs is 1. The van der Waals surface area contributed by atoms with Crippen LogP contribution < -0.4 is 10.2 Å². The highest BCUT2D eigenvalue weighted by Crippen LogP contribution is 2.39. The average molecular weight is 433 g/mol. The number of hydrogen-bond acceptors (Lipinski definition) is 4. The van der Waals surface area contributed by atoms with E-state index in [4.69, 9.17) is 4.74 Å². The van der Waals surface area contributed by atoms with E-state index < -0.39 is 0 Å². The highest BCUT2D eigenvalue weighted by Gasteiger charge is 2.26. The molecule has 0 saturated heterocycles. The molecule has 2 N–H and O–H groups in total. The van der Waals surface area contributed by atoms with Gasteiger partial charge in [0.25, 0.3) is 5.91 Å². The van der Waals surface area contributed by atoms with Gasteiger partial charge in [-0.25, -0.2) is 5.43 Å². The number of carbonyl (C=O) groups excluding carboxylic acids is 1. The third-order valence-electron chi connectivity index (χ3n) is 5.44. The molecule has 3 aromatic carbocycles. The number of carbonyl (C=O) groups is 1. The van der Waals surface area contributed by atoms with Gasteiger partial charge in [0.15, 0.2) is 0 Å². The third kappa shape index (κ3) is 4.93. The van der Waals surface area contributed by atoms with E-state index in [0.29, 0.717) is 17.1 Å². The van der Waals surface area contributed by atoms with Gasteiger partial charge in [0.05, 0.1) is 18.9 Å². The molecule has 0 aliphatic heterocycles. The van der Waals surface area contributed by atoms with Crippen molar-refractivity contribution in [1.82, 2.24) is 5.43 Å². The van der Waals surface area contributed by atoms with Crippen molar-refractivity contribution in [2.24, 2.45) is 5.10 Å². The lowest BCUT2D eigenvalue weighted by molar-refractivity contribution is 0.0952. The largest absolute Gasteiger partial charge is 0.507 e. The van der Waals surface area contributed by atoms with Gasteiger partial charge < -0.3 is 9.84 Å². The minimum Gasteiger partial charge on any atom is -0.507 e. The second-order valence-electron chi connectivity index (χ2n) is 10.1. The summed E-state index contributed by atoms with van der Waals surface area (Å²) < 4.78 is 5.42. The Labute approximate surface area is 190 Å². The standard InChI is InChI=1S/C27H32N2O3/c1-26(2,3)21-12-17(13-22(24(21)30)27(4,5)6)16-28-29-25(31)20-14-18-10-8-9-11-19(18)15-23(20)32-7/h8-16,30H,1-7H3,(H,29,31). The summed E-state index contributed by atoms with van der Waals surface area (Å²) in [4.78, 5) is 12.8. The van der Waals surface area contributed by atoms with E-state index in [0.717, 1.165) is 27.5 Å². The number of ether oxygens (including phenoxy) is 1. The minimum atomic E-state index is -0.352. The van der Waals surface area contributed by atoms with Gasteiger partial charge in [-0.1, -0.05) is 65.8 Å². The zero-order valence-corrected chi connectivity index (χ0v) is 19.9. The molecule has 0 atom stereocenters. The van der Waals surface area contributed by atoms with Crippen molar-refractivity contribution in [3.63, 3.8) is 0 Å². The molecule has 0 heterocycles. The molecular weight excluding hydrogens is 400 g/mol. The lowest BCUT2D eigenvalue weighted by atomic mass is 9.78. The highest BCUT2D eigenvalue weighted by atomic mass is 16.5. The first-order chi connectivity index (χ1) is 14.9. The van der Waals surface area contributed by atoms with Gasteiger partial charge in [-0.2, -0.15) is 5.10 Å². The van der Waals surface area contributed by atoms with Gasteiger partial charge in [0, 0.05) is 11.1 Å². The number of aromatic hydroxyl groups is 1. The molecule has 5 nitrogen and oxygen atoms in total. The van der Waals surface area contributed by atoms with Gasteiger partial charge >= 0.3 is 0 Å². The van der Waals surface area contributed by atoms with E-state index in [1.165, 1.54) is 0 Å². The molecule has 0 aliphatic rings. The normalized spacial score (nSPS) is 12.3. The molecule has 0 aliphatic carbocycles. The predicted octanol–water partition coefficient (Wildman–Crippen LogP) is 5.91. The van der Waals surface area contributed by atoms with Crippen molar-refractivity contribution in [3.8, 4) is 11.5 Å². The second kappa shape index (κ2) is 8.65. The first-order valence-electron chi connectivity index (χ1n) is 10.7. The number of benzene rings is 3. The van der Waals surface area contributed by atoms with Crippen LogP contribution in [0.3, 0.4) is 0 Å². The number of rotatable bonds is 4. The molecule has 1 amide bonds. The van der Waals surface area contributed by atoms with Crippen molar-refractivity contribution in [2.45, 2.75) is 52.4 Å². The fraction of sp³-hybridized carbons (Fsp3) is 0.333. The zero-order chi connectivity index (χ0) is 23.7. The highest BCUT2D eigenvalue weighted by molar-refractivity contribution is 6.02. The molecule has 5 heteroatoms. The number of hydrazone groups is 1. The van der Waals surface area contributed by atoms with Crippen molar-refractivity contribution in [1.29, 1.82) is 0 Å². The van der Waals surface area contributed by atoms with Crippen LogP contribution in [0.4, 0.5) is 0 Å². The predicted molar refractivity (Wildman–Crippen MR) is 131 cm³/mol. The van der Waals surface area contributed by atoms with Crippen LogP contribution in [-0.2, 0) is 10.8 Å². The van der Waals surface area contributed by atoms with Crippen LogP contribution in [0.25, 0.3) is 10.8 Å². The number of phenols is 1. The van der Waals surface area contributed by atoms with Crippen molar-refractivity contribution < 1.29 is 14.6 Å². The van der Waals surface area contributed by atoms with Crippen LogP contribution >= 0.6 is 0 Å². The van der Waals surface area contributed by atoms with Crippen molar-refractivity contribution in [3.05, 3.63) is 70.8 Å². The quantitative estimate of drug-likeness (QED) is 0.397. The van der Waals surface area contributed by atoms with Gasteiger partial charge in [0.1, 0.15) is 11.5 Å². The van der Waals surface area contributed by atoms with E-state index in [9.17, 15) is 9.90 Å². The second-order valence-corrected chi connectivity index (χ2v) is 10.1. The smallest absolute Gasteiger partial charge is 0.275 e. The van der Waals surface area contributed by atoms with Gasteiger partial charge in [-0.3, -0.25) is 4.79 Å². The number of amides is 1. The van der Waals surface area contributed by atoms with E-state index in [2.05, 4.69) is 52.1 Å². The molecule has 32 heavy (non-hydrogen) atoms. The summed E-state index contributed by atoms with van der Waals surface area (Å²) in [6.45, 7) is 12.4. The van der Waals surface area contributed by atoms with E-state index >= 15 is 0 Å². The monoisotopic (exact) mass is 432 g/mol. The van der Waals surface area contributed by atoms with Crippen LogP contribution in [0.15, 0.2) is 53.6 Å². The molecule has 0 spiro atoms. The van der Waals surface area contributed by atoms with Gasteiger partial charge in [0.2, 0.25) is 0 Å². The Morgan fingerprint density at radius 3 is 1.97 bits per heavy atom. The summed E-state index contributed by atoms with van der Waals surface area (Å²) >= 11 is 0. The molecule has 0 radical (unpaired) electrons. The van der Waals surface area contributed by atoms with E-state index in [1.807, 2.05) is 42.5 Å². The van der Waals surface area contributed by atoms with Gasteiger partial charge in [-0.15, -0.1) is 0 Å². The maximum absolute atomic E-state index is 12.8. The molecular formula is C27H32N2O3. The van der Waals surface area contributed by atoms with Crippen LogP contribution in [0.5, 0.6) is 11.5 Å². The van der Waals surface area contributed by atoms with Crippen molar-refractivity contribution in [2.75, 3.05) is 7.11 Å². The van der Waals surface area contributed by atoms with E-state index in [-0.39, 0.29) is 16.7 Å². The summed E-state index contributed by atoms with van der Waals surface area (Å²) in [6.07, 6.45) is 1.61. The molecule has 3 rings (SSSR count). The van der Waals surface area contributed by atoms with Crippen molar-refractivity contribution >= 4 is 22.9 Å². The van der Waals surface area contributed by atoms with Crippen LogP contribution in [-0.4, -0.2) is 24.3 Å². The third-order valence-corrected chi connectivity index (χ3v) is 5.44. The average Bonchev–Trinajstić information content (AvgIpc) is 2.71.